The van der Waals surface area contributed by atoms with Crippen molar-refractivity contribution in [3.05, 3.63) is 63.7 Å². The lowest BCUT2D eigenvalue weighted by molar-refractivity contribution is -0.125. The first-order chi connectivity index (χ1) is 11.6. The summed E-state index contributed by atoms with van der Waals surface area (Å²) in [7, 11) is 0. The Bertz CT molecular complexity index is 766. The molecule has 0 bridgehead atoms. The second kappa shape index (κ2) is 7.81. The fraction of sp³-hybridized carbons (Fsp3) is 0.222. The molecule has 4 nitrogen and oxygen atoms in total. The van der Waals surface area contributed by atoms with Crippen molar-refractivity contribution in [1.82, 2.24) is 9.88 Å². The van der Waals surface area contributed by atoms with Gasteiger partial charge < -0.3 is 9.64 Å². The number of ether oxygens (including phenoxy) is 1. The van der Waals surface area contributed by atoms with Gasteiger partial charge in [-0.2, -0.15) is 0 Å². The van der Waals surface area contributed by atoms with Gasteiger partial charge in [-0.15, -0.1) is 0 Å². The molecule has 1 saturated heterocycles. The topological polar surface area (TPSA) is 42.4 Å². The van der Waals surface area contributed by atoms with Crippen LogP contribution in [0.4, 0.5) is 0 Å². The van der Waals surface area contributed by atoms with Gasteiger partial charge in [0, 0.05) is 30.3 Å². The molecule has 0 saturated carbocycles. The van der Waals surface area contributed by atoms with Crippen LogP contribution in [-0.2, 0) is 4.79 Å². The molecule has 1 aromatic carbocycles. The maximum atomic E-state index is 12.3. The highest BCUT2D eigenvalue weighted by atomic mass is 79.9. The molecule has 1 aliphatic rings. The Hall–Kier alpha value is -1.85. The van der Waals surface area contributed by atoms with E-state index in [0.29, 0.717) is 24.0 Å². The standard InChI is InChI=1S/C18H16BrClN2O2/c19-15-5-3-10-21-18(15)24-14-9-11-22(12-14)17(23)8-7-13-4-1-2-6-16(13)20/h1-8,10,14H,9,11-12H2. The number of nitrogens with zero attached hydrogens (tertiary/aromatic N) is 2. The van der Waals surface area contributed by atoms with Crippen molar-refractivity contribution in [1.29, 1.82) is 0 Å². The summed E-state index contributed by atoms with van der Waals surface area (Å²) >= 11 is 9.50. The lowest BCUT2D eigenvalue weighted by Gasteiger charge is -2.15. The largest absolute Gasteiger partial charge is 0.472 e. The highest BCUT2D eigenvalue weighted by Crippen LogP contribution is 2.24. The van der Waals surface area contributed by atoms with Gasteiger partial charge in [-0.25, -0.2) is 4.98 Å². The van der Waals surface area contributed by atoms with Crippen molar-refractivity contribution in [2.75, 3.05) is 13.1 Å². The first-order valence-corrected chi connectivity index (χ1v) is 8.79. The van der Waals surface area contributed by atoms with Gasteiger partial charge >= 0.3 is 0 Å². The van der Waals surface area contributed by atoms with E-state index in [1.807, 2.05) is 30.3 Å². The number of benzene rings is 1. The third kappa shape index (κ3) is 4.16. The van der Waals surface area contributed by atoms with Crippen LogP contribution < -0.4 is 4.74 Å². The molecule has 1 atom stereocenters. The summed E-state index contributed by atoms with van der Waals surface area (Å²) < 4.78 is 6.68. The van der Waals surface area contributed by atoms with E-state index in [1.54, 1.807) is 29.3 Å². The molecule has 3 rings (SSSR count). The third-order valence-electron chi connectivity index (χ3n) is 3.77. The Balaban J connectivity index is 1.58. The number of amides is 1. The van der Waals surface area contributed by atoms with E-state index in [-0.39, 0.29) is 12.0 Å². The maximum Gasteiger partial charge on any atom is 0.246 e. The molecule has 6 heteroatoms. The smallest absolute Gasteiger partial charge is 0.246 e. The fourth-order valence-corrected chi connectivity index (χ4v) is 3.06. The number of pyridine rings is 1. The Labute approximate surface area is 154 Å². The fourth-order valence-electron chi connectivity index (χ4n) is 2.52. The Kier molecular flexibility index (Phi) is 5.53. The normalized spacial score (nSPS) is 17.4. The summed E-state index contributed by atoms with van der Waals surface area (Å²) in [6, 6.07) is 11.1. The van der Waals surface area contributed by atoms with Crippen LogP contribution in [-0.4, -0.2) is 35.0 Å². The monoisotopic (exact) mass is 406 g/mol. The third-order valence-corrected chi connectivity index (χ3v) is 4.72. The lowest BCUT2D eigenvalue weighted by atomic mass is 10.2. The van der Waals surface area contributed by atoms with Gasteiger partial charge in [0.2, 0.25) is 11.8 Å². The number of hydrogen-bond donors (Lipinski definition) is 0. The van der Waals surface area contributed by atoms with Gasteiger partial charge in [0.1, 0.15) is 6.10 Å². The highest BCUT2D eigenvalue weighted by Gasteiger charge is 2.27. The van der Waals surface area contributed by atoms with Crippen LogP contribution in [0.2, 0.25) is 5.02 Å². The molecule has 1 aliphatic heterocycles. The quantitative estimate of drug-likeness (QED) is 0.714. The summed E-state index contributed by atoms with van der Waals surface area (Å²) in [5.74, 6) is 0.518. The van der Waals surface area contributed by atoms with Crippen LogP contribution in [0.1, 0.15) is 12.0 Å². The van der Waals surface area contributed by atoms with Gasteiger partial charge in [0.05, 0.1) is 11.0 Å². The second-order valence-electron chi connectivity index (χ2n) is 5.46. The summed E-state index contributed by atoms with van der Waals surface area (Å²) in [4.78, 5) is 18.3. The van der Waals surface area contributed by atoms with Crippen LogP contribution >= 0.6 is 27.5 Å². The number of aromatic nitrogens is 1. The molecule has 0 spiro atoms. The molecule has 1 amide bonds. The molecule has 1 aromatic heterocycles. The zero-order valence-corrected chi connectivity index (χ0v) is 15.2. The number of carbonyl (C=O) groups excluding carboxylic acids is 1. The minimum Gasteiger partial charge on any atom is -0.472 e. The molecule has 0 N–H and O–H groups in total. The van der Waals surface area contributed by atoms with Gasteiger partial charge in [0.25, 0.3) is 0 Å². The van der Waals surface area contributed by atoms with Crippen LogP contribution in [0, 0.1) is 0 Å². The van der Waals surface area contributed by atoms with Crippen LogP contribution in [0.25, 0.3) is 6.08 Å². The Morgan fingerprint density at radius 1 is 1.33 bits per heavy atom. The van der Waals surface area contributed by atoms with Crippen molar-refractivity contribution in [3.8, 4) is 5.88 Å². The molecule has 2 aromatic rings. The second-order valence-corrected chi connectivity index (χ2v) is 6.72. The van der Waals surface area contributed by atoms with Crippen LogP contribution in [0.15, 0.2) is 53.1 Å². The van der Waals surface area contributed by atoms with Crippen molar-refractivity contribution in [2.24, 2.45) is 0 Å². The van der Waals surface area contributed by atoms with Crippen molar-refractivity contribution >= 4 is 39.5 Å². The predicted octanol–water partition coefficient (Wildman–Crippen LogP) is 4.19. The molecular weight excluding hydrogens is 392 g/mol. The molecule has 24 heavy (non-hydrogen) atoms. The number of halogens is 2. The summed E-state index contributed by atoms with van der Waals surface area (Å²) in [6.07, 6.45) is 5.72. The van der Waals surface area contributed by atoms with Crippen molar-refractivity contribution < 1.29 is 9.53 Å². The number of hydrogen-bond acceptors (Lipinski definition) is 3. The number of carbonyl (C=O) groups is 1. The molecule has 1 unspecified atom stereocenters. The first-order valence-electron chi connectivity index (χ1n) is 7.62. The minimum absolute atomic E-state index is 0.0406. The molecule has 1 fully saturated rings. The number of rotatable bonds is 4. The van der Waals surface area contributed by atoms with Gasteiger partial charge in [-0.05, 0) is 45.8 Å². The Morgan fingerprint density at radius 3 is 2.96 bits per heavy atom. The average molecular weight is 408 g/mol. The zero-order valence-electron chi connectivity index (χ0n) is 12.9. The summed E-state index contributed by atoms with van der Waals surface area (Å²) in [5, 5.41) is 0.629. The van der Waals surface area contributed by atoms with Crippen LogP contribution in [0.3, 0.4) is 0 Å². The molecule has 0 aliphatic carbocycles. The Morgan fingerprint density at radius 2 is 2.17 bits per heavy atom. The lowest BCUT2D eigenvalue weighted by Crippen LogP contribution is -2.29. The SMILES string of the molecule is O=C(C=Cc1ccccc1Cl)N1CCC(Oc2ncccc2Br)C1. The zero-order chi connectivity index (χ0) is 16.9. The van der Waals surface area contributed by atoms with Gasteiger partial charge in [-0.3, -0.25) is 4.79 Å². The van der Waals surface area contributed by atoms with E-state index >= 15 is 0 Å². The van der Waals surface area contributed by atoms with E-state index in [2.05, 4.69) is 20.9 Å². The first kappa shape index (κ1) is 17.0. The van der Waals surface area contributed by atoms with Crippen molar-refractivity contribution in [3.63, 3.8) is 0 Å². The van der Waals surface area contributed by atoms with E-state index in [1.165, 1.54) is 0 Å². The predicted molar refractivity (Wildman–Crippen MR) is 98.0 cm³/mol. The number of likely N-dealkylation sites (tertiary alicyclic amines) is 1. The van der Waals surface area contributed by atoms with E-state index in [0.717, 1.165) is 16.5 Å². The van der Waals surface area contributed by atoms with E-state index in [4.69, 9.17) is 16.3 Å². The molecular formula is C18H16BrClN2O2. The summed E-state index contributed by atoms with van der Waals surface area (Å²) in [6.45, 7) is 1.22. The van der Waals surface area contributed by atoms with Gasteiger partial charge in [0.15, 0.2) is 0 Å². The van der Waals surface area contributed by atoms with Crippen molar-refractivity contribution in [2.45, 2.75) is 12.5 Å². The van der Waals surface area contributed by atoms with E-state index < -0.39 is 0 Å². The van der Waals surface area contributed by atoms with Crippen LogP contribution in [0.5, 0.6) is 5.88 Å². The minimum atomic E-state index is -0.0473. The maximum absolute atomic E-state index is 12.3. The molecule has 2 heterocycles. The summed E-state index contributed by atoms with van der Waals surface area (Å²) in [5.41, 5.74) is 0.830. The average Bonchev–Trinajstić information content (AvgIpc) is 3.05. The van der Waals surface area contributed by atoms with E-state index in [9.17, 15) is 4.79 Å². The molecule has 124 valence electrons. The van der Waals surface area contributed by atoms with Gasteiger partial charge in [-0.1, -0.05) is 29.8 Å². The highest BCUT2D eigenvalue weighted by molar-refractivity contribution is 9.10. The molecule has 0 radical (unpaired) electrons.